The Bertz CT molecular complexity index is 768. The van der Waals surface area contributed by atoms with Crippen LogP contribution in [0, 0.1) is 0 Å². The summed E-state index contributed by atoms with van der Waals surface area (Å²) < 4.78 is 23.1. The summed E-state index contributed by atoms with van der Waals surface area (Å²) in [6, 6.07) is 6.11. The highest BCUT2D eigenvalue weighted by atomic mass is 28.4. The van der Waals surface area contributed by atoms with Gasteiger partial charge in [0.2, 0.25) is 16.6 Å². The van der Waals surface area contributed by atoms with Gasteiger partial charge in [0.25, 0.3) is 0 Å². The molecule has 32 heavy (non-hydrogen) atoms. The van der Waals surface area contributed by atoms with Crippen molar-refractivity contribution in [1.82, 2.24) is 0 Å². The van der Waals surface area contributed by atoms with Gasteiger partial charge in [-0.2, -0.15) is 0 Å². The summed E-state index contributed by atoms with van der Waals surface area (Å²) in [5.74, 6) is 1.76. The van der Waals surface area contributed by atoms with E-state index in [4.69, 9.17) is 13.6 Å². The van der Waals surface area contributed by atoms with Gasteiger partial charge in [0, 0.05) is 5.56 Å². The monoisotopic (exact) mass is 480 g/mol. The summed E-state index contributed by atoms with van der Waals surface area (Å²) in [6.45, 7) is 24.6. The minimum absolute atomic E-state index is 0.0840. The van der Waals surface area contributed by atoms with Gasteiger partial charge >= 0.3 is 6.16 Å². The molecule has 0 fully saturated rings. The van der Waals surface area contributed by atoms with E-state index in [2.05, 4.69) is 78.5 Å². The van der Waals surface area contributed by atoms with Crippen LogP contribution in [0.25, 0.3) is 0 Å². The Morgan fingerprint density at radius 2 is 1.34 bits per heavy atom. The third-order valence-electron chi connectivity index (χ3n) is 6.67. The first-order valence-corrected chi connectivity index (χ1v) is 17.1. The summed E-state index contributed by atoms with van der Waals surface area (Å²) in [5.41, 5.74) is 1.98. The Hall–Kier alpha value is -1.74. The second-order valence-electron chi connectivity index (χ2n) is 11.5. The highest BCUT2D eigenvalue weighted by Gasteiger charge is 2.41. The van der Waals surface area contributed by atoms with Crippen molar-refractivity contribution in [1.29, 1.82) is 0 Å². The molecule has 0 aliphatic heterocycles. The van der Waals surface area contributed by atoms with E-state index in [1.165, 1.54) is 7.11 Å². The smallest absolute Gasteiger partial charge is 0.508 e. The van der Waals surface area contributed by atoms with E-state index in [1.807, 2.05) is 25.1 Å². The van der Waals surface area contributed by atoms with E-state index < -0.39 is 22.8 Å². The molecule has 0 atom stereocenters. The lowest BCUT2D eigenvalue weighted by atomic mass is 10.1. The van der Waals surface area contributed by atoms with E-state index in [0.29, 0.717) is 6.42 Å². The number of methoxy groups -OCH3 is 1. The number of ether oxygens (including phenoxy) is 2. The van der Waals surface area contributed by atoms with E-state index in [9.17, 15) is 4.79 Å². The first-order chi connectivity index (χ1) is 14.4. The van der Waals surface area contributed by atoms with Gasteiger partial charge in [-0.05, 0) is 67.3 Å². The molecule has 0 bridgehead atoms. The third kappa shape index (κ3) is 7.69. The van der Waals surface area contributed by atoms with Crippen molar-refractivity contribution < 1.29 is 23.1 Å². The van der Waals surface area contributed by atoms with Crippen LogP contribution in [-0.4, -0.2) is 36.5 Å². The molecule has 182 valence electrons. The number of hydrogen-bond acceptors (Lipinski definition) is 5. The molecule has 0 saturated carbocycles. The molecule has 7 heteroatoms. The zero-order valence-corrected chi connectivity index (χ0v) is 24.3. The Labute approximate surface area is 197 Å². The molecule has 0 N–H and O–H groups in total. The topological polar surface area (TPSA) is 54.0 Å². The van der Waals surface area contributed by atoms with Gasteiger partial charge in [0.1, 0.15) is 18.1 Å². The molecule has 1 aromatic carbocycles. The first kappa shape index (κ1) is 28.3. The second-order valence-corrected chi connectivity index (χ2v) is 20.9. The minimum atomic E-state index is -2.04. The fraction of sp³-hybridized carbons (Fsp3) is 0.640. The zero-order chi connectivity index (χ0) is 25.0. The van der Waals surface area contributed by atoms with E-state index in [-0.39, 0.29) is 16.7 Å². The quantitative estimate of drug-likeness (QED) is 0.216. The van der Waals surface area contributed by atoms with Crippen LogP contribution in [0.1, 0.15) is 54.0 Å². The molecule has 0 spiro atoms. The highest BCUT2D eigenvalue weighted by molar-refractivity contribution is 6.75. The van der Waals surface area contributed by atoms with Crippen molar-refractivity contribution in [2.45, 2.75) is 91.2 Å². The molecule has 0 amide bonds. The van der Waals surface area contributed by atoms with Crippen molar-refractivity contribution in [3.8, 4) is 11.5 Å². The Morgan fingerprint density at radius 1 is 0.906 bits per heavy atom. The molecule has 0 aliphatic carbocycles. The van der Waals surface area contributed by atoms with Crippen LogP contribution in [0.15, 0.2) is 29.8 Å². The molecule has 5 nitrogen and oxygen atoms in total. The van der Waals surface area contributed by atoms with Crippen LogP contribution >= 0.6 is 0 Å². The maximum absolute atomic E-state index is 11.3. The first-order valence-electron chi connectivity index (χ1n) is 11.3. The molecule has 0 heterocycles. The average Bonchev–Trinajstić information content (AvgIpc) is 2.63. The Kier molecular flexibility index (Phi) is 9.25. The maximum atomic E-state index is 11.3. The van der Waals surface area contributed by atoms with Gasteiger partial charge in [-0.3, -0.25) is 0 Å². The zero-order valence-electron chi connectivity index (χ0n) is 22.3. The molecule has 0 radical (unpaired) electrons. The molecule has 1 aromatic rings. The molecular formula is C25H44O5Si2. The number of benzene rings is 1. The van der Waals surface area contributed by atoms with Crippen LogP contribution in [-0.2, 0) is 15.9 Å². The maximum Gasteiger partial charge on any atom is 0.508 e. The second kappa shape index (κ2) is 10.5. The predicted molar refractivity (Wildman–Crippen MR) is 138 cm³/mol. The van der Waals surface area contributed by atoms with Crippen molar-refractivity contribution in [3.05, 3.63) is 35.4 Å². The largest absolute Gasteiger partial charge is 0.543 e. The van der Waals surface area contributed by atoms with Crippen molar-refractivity contribution in [3.63, 3.8) is 0 Å². The molecule has 1 rings (SSSR count). The lowest BCUT2D eigenvalue weighted by molar-refractivity contribution is 0.0798. The van der Waals surface area contributed by atoms with Crippen molar-refractivity contribution >= 4 is 22.8 Å². The summed E-state index contributed by atoms with van der Waals surface area (Å²) >= 11 is 0. The van der Waals surface area contributed by atoms with Crippen LogP contribution in [0.2, 0.25) is 36.3 Å². The summed E-state index contributed by atoms with van der Waals surface area (Å²) in [7, 11) is -2.77. The van der Waals surface area contributed by atoms with Crippen molar-refractivity contribution in [2.24, 2.45) is 0 Å². The van der Waals surface area contributed by atoms with Crippen LogP contribution in [0.3, 0.4) is 0 Å². The number of hydrogen-bond donors (Lipinski definition) is 0. The standard InChI is InChI=1S/C25H44O5Si2/c1-19(18-28-23(26)27-8)16-17-20-21(29-31(9,10)24(2,3)4)14-13-15-22(20)30-32(11,12)25(5,6)7/h13-16H,17-18H2,1-12H3/b19-16+. The highest BCUT2D eigenvalue weighted by Crippen LogP contribution is 2.42. The van der Waals surface area contributed by atoms with E-state index >= 15 is 0 Å². The van der Waals surface area contributed by atoms with Gasteiger partial charge in [0.15, 0.2) is 0 Å². The Morgan fingerprint density at radius 3 is 1.72 bits per heavy atom. The fourth-order valence-corrected chi connectivity index (χ4v) is 4.46. The van der Waals surface area contributed by atoms with Crippen LogP contribution in [0.5, 0.6) is 11.5 Å². The lowest BCUT2D eigenvalue weighted by Gasteiger charge is -2.39. The summed E-state index contributed by atoms with van der Waals surface area (Å²) in [6.07, 6.45) is 2.02. The fourth-order valence-electron chi connectivity index (χ4n) is 2.36. The van der Waals surface area contributed by atoms with E-state index in [0.717, 1.165) is 22.6 Å². The predicted octanol–water partition coefficient (Wildman–Crippen LogP) is 7.73. The molecule has 0 aromatic heterocycles. The molecule has 0 saturated heterocycles. The average molecular weight is 481 g/mol. The number of allylic oxidation sites excluding steroid dienone is 1. The molecule has 0 unspecified atom stereocenters. The lowest BCUT2D eigenvalue weighted by Crippen LogP contribution is -2.45. The van der Waals surface area contributed by atoms with Crippen molar-refractivity contribution in [2.75, 3.05) is 13.7 Å². The third-order valence-corrected chi connectivity index (χ3v) is 15.4. The normalized spacial score (nSPS) is 13.6. The molecule has 0 aliphatic rings. The van der Waals surface area contributed by atoms with Gasteiger partial charge in [-0.1, -0.05) is 53.7 Å². The number of rotatable bonds is 8. The number of carbonyl (C=O) groups excluding carboxylic acids is 1. The van der Waals surface area contributed by atoms with Gasteiger partial charge < -0.3 is 18.3 Å². The number of carbonyl (C=O) groups is 1. The minimum Gasteiger partial charge on any atom is -0.543 e. The van der Waals surface area contributed by atoms with Crippen LogP contribution in [0.4, 0.5) is 4.79 Å². The van der Waals surface area contributed by atoms with Gasteiger partial charge in [-0.25, -0.2) is 4.79 Å². The van der Waals surface area contributed by atoms with Gasteiger partial charge in [0.05, 0.1) is 7.11 Å². The Balaban J connectivity index is 3.38. The molecular weight excluding hydrogens is 436 g/mol. The summed E-state index contributed by atoms with van der Waals surface area (Å²) in [4.78, 5) is 11.3. The van der Waals surface area contributed by atoms with E-state index in [1.54, 1.807) is 0 Å². The summed E-state index contributed by atoms with van der Waals surface area (Å²) in [5, 5.41) is 0.168. The van der Waals surface area contributed by atoms with Crippen LogP contribution < -0.4 is 8.85 Å². The SMILES string of the molecule is COC(=O)OC/C(C)=C/Cc1c(O[Si](C)(C)C(C)(C)C)cccc1O[Si](C)(C)C(C)(C)C. The van der Waals surface area contributed by atoms with Gasteiger partial charge in [-0.15, -0.1) is 0 Å².